The van der Waals surface area contributed by atoms with Crippen molar-refractivity contribution in [2.75, 3.05) is 0 Å². The fourth-order valence-electron chi connectivity index (χ4n) is 4.64. The number of aliphatic carboxylic acids is 1. The van der Waals surface area contributed by atoms with Gasteiger partial charge in [-0.3, -0.25) is 14.4 Å². The molecule has 37 heavy (non-hydrogen) atoms. The Hall–Kier alpha value is -4.04. The van der Waals surface area contributed by atoms with Gasteiger partial charge in [0.2, 0.25) is 11.8 Å². The number of nitrogens with one attached hydrogen (secondary N) is 1. The second-order valence-electron chi connectivity index (χ2n) is 9.37. The molecule has 0 bridgehead atoms. The van der Waals surface area contributed by atoms with E-state index >= 15 is 0 Å². The zero-order chi connectivity index (χ0) is 26.4. The molecule has 7 nitrogen and oxygen atoms in total. The Labute approximate surface area is 215 Å². The number of halogens is 1. The summed E-state index contributed by atoms with van der Waals surface area (Å²) in [5.74, 6) is -1.79. The van der Waals surface area contributed by atoms with E-state index in [9.17, 15) is 18.8 Å². The van der Waals surface area contributed by atoms with Gasteiger partial charge in [-0.05, 0) is 40.3 Å². The molecule has 2 amide bonds. The molecular formula is C29H30FN3O4. The monoisotopic (exact) mass is 503 g/mol. The summed E-state index contributed by atoms with van der Waals surface area (Å²) in [7, 11) is 0. The van der Waals surface area contributed by atoms with E-state index < -0.39 is 18.1 Å². The Bertz CT molecular complexity index is 1280. The van der Waals surface area contributed by atoms with Gasteiger partial charge >= 0.3 is 5.97 Å². The molecule has 1 aliphatic heterocycles. The summed E-state index contributed by atoms with van der Waals surface area (Å²) in [5.41, 5.74) is 10.2. The third-order valence-corrected chi connectivity index (χ3v) is 6.59. The second-order valence-corrected chi connectivity index (χ2v) is 9.37. The molecule has 1 heterocycles. The summed E-state index contributed by atoms with van der Waals surface area (Å²) in [6.07, 6.45) is 0.529. The number of fused-ring (bicyclic) bond motifs is 1. The van der Waals surface area contributed by atoms with Gasteiger partial charge in [-0.2, -0.15) is 0 Å². The number of rotatable bonds is 9. The van der Waals surface area contributed by atoms with Crippen LogP contribution in [-0.2, 0) is 46.7 Å². The van der Waals surface area contributed by atoms with Crippen LogP contribution in [0.5, 0.6) is 0 Å². The number of carboxylic acids is 1. The summed E-state index contributed by atoms with van der Waals surface area (Å²) >= 11 is 0. The molecule has 1 aliphatic rings. The molecule has 2 unspecified atom stereocenters. The predicted octanol–water partition coefficient (Wildman–Crippen LogP) is 2.98. The van der Waals surface area contributed by atoms with Gasteiger partial charge in [0.05, 0.1) is 6.42 Å². The van der Waals surface area contributed by atoms with E-state index in [-0.39, 0.29) is 43.4 Å². The van der Waals surface area contributed by atoms with E-state index in [1.807, 2.05) is 24.3 Å². The lowest BCUT2D eigenvalue weighted by atomic mass is 9.92. The van der Waals surface area contributed by atoms with Gasteiger partial charge in [0, 0.05) is 32.0 Å². The standard InChI is InChI=1S/C29H30FN3O4/c30-25-8-4-3-6-22(25)14-24(31)16-27(34)33-18-23-7-2-1-5-21(23)15-26(33)29(37)32-17-20-11-9-19(10-12-20)13-28(35)36/h1-12,24,26H,13-18,31H2,(H,32,37)(H,35,36). The lowest BCUT2D eigenvalue weighted by Crippen LogP contribution is -2.53. The first-order valence-electron chi connectivity index (χ1n) is 12.2. The number of nitrogens with zero attached hydrogens (tertiary/aromatic N) is 1. The molecule has 0 aromatic heterocycles. The summed E-state index contributed by atoms with van der Waals surface area (Å²) < 4.78 is 14.0. The molecule has 0 radical (unpaired) electrons. The number of carboxylic acid groups (broad SMARTS) is 1. The molecule has 3 aromatic carbocycles. The van der Waals surface area contributed by atoms with Crippen LogP contribution in [0.25, 0.3) is 0 Å². The first-order chi connectivity index (χ1) is 17.8. The van der Waals surface area contributed by atoms with Gasteiger partial charge in [0.25, 0.3) is 0 Å². The van der Waals surface area contributed by atoms with Crippen molar-refractivity contribution in [3.8, 4) is 0 Å². The average Bonchev–Trinajstić information content (AvgIpc) is 2.88. The average molecular weight is 504 g/mol. The van der Waals surface area contributed by atoms with Crippen LogP contribution in [0, 0.1) is 5.82 Å². The van der Waals surface area contributed by atoms with Crippen molar-refractivity contribution < 1.29 is 23.9 Å². The van der Waals surface area contributed by atoms with Crippen LogP contribution in [0.3, 0.4) is 0 Å². The molecule has 0 saturated carbocycles. The maximum absolute atomic E-state index is 14.0. The quantitative estimate of drug-likeness (QED) is 0.416. The predicted molar refractivity (Wildman–Crippen MR) is 137 cm³/mol. The molecule has 192 valence electrons. The van der Waals surface area contributed by atoms with Crippen molar-refractivity contribution in [1.82, 2.24) is 10.2 Å². The molecule has 4 N–H and O–H groups in total. The molecule has 0 saturated heterocycles. The zero-order valence-electron chi connectivity index (χ0n) is 20.4. The molecule has 0 aliphatic carbocycles. The van der Waals surface area contributed by atoms with Gasteiger partial charge < -0.3 is 21.1 Å². The summed E-state index contributed by atoms with van der Waals surface area (Å²) in [4.78, 5) is 39.0. The molecule has 0 spiro atoms. The van der Waals surface area contributed by atoms with Crippen LogP contribution in [-0.4, -0.2) is 39.9 Å². The Morgan fingerprint density at radius 1 is 0.973 bits per heavy atom. The van der Waals surface area contributed by atoms with Crippen LogP contribution in [0.15, 0.2) is 72.8 Å². The van der Waals surface area contributed by atoms with Gasteiger partial charge in [-0.1, -0.05) is 66.7 Å². The largest absolute Gasteiger partial charge is 0.481 e. The number of nitrogens with two attached hydrogens (primary N) is 1. The smallest absolute Gasteiger partial charge is 0.307 e. The van der Waals surface area contributed by atoms with E-state index in [2.05, 4.69) is 5.32 Å². The van der Waals surface area contributed by atoms with Crippen molar-refractivity contribution in [2.24, 2.45) is 5.73 Å². The van der Waals surface area contributed by atoms with Crippen molar-refractivity contribution in [2.45, 2.75) is 50.9 Å². The Morgan fingerprint density at radius 2 is 1.62 bits per heavy atom. The van der Waals surface area contributed by atoms with Crippen LogP contribution in [0.2, 0.25) is 0 Å². The lowest BCUT2D eigenvalue weighted by Gasteiger charge is -2.36. The van der Waals surface area contributed by atoms with Crippen molar-refractivity contribution in [3.05, 3.63) is 106 Å². The van der Waals surface area contributed by atoms with Crippen LogP contribution < -0.4 is 11.1 Å². The molecule has 2 atom stereocenters. The minimum absolute atomic E-state index is 0.00861. The van der Waals surface area contributed by atoms with Gasteiger partial charge in [0.15, 0.2) is 0 Å². The number of hydrogen-bond acceptors (Lipinski definition) is 4. The van der Waals surface area contributed by atoms with E-state index in [1.54, 1.807) is 47.4 Å². The first-order valence-corrected chi connectivity index (χ1v) is 12.2. The van der Waals surface area contributed by atoms with Crippen LogP contribution in [0.1, 0.15) is 34.2 Å². The Balaban J connectivity index is 1.44. The molecule has 0 fully saturated rings. The van der Waals surface area contributed by atoms with Crippen molar-refractivity contribution in [1.29, 1.82) is 0 Å². The maximum Gasteiger partial charge on any atom is 0.307 e. The fraction of sp³-hybridized carbons (Fsp3) is 0.276. The third-order valence-electron chi connectivity index (χ3n) is 6.59. The third kappa shape index (κ3) is 6.80. The van der Waals surface area contributed by atoms with Gasteiger partial charge in [-0.25, -0.2) is 4.39 Å². The Morgan fingerprint density at radius 3 is 2.32 bits per heavy atom. The second kappa shape index (κ2) is 11.8. The van der Waals surface area contributed by atoms with E-state index in [0.717, 1.165) is 16.7 Å². The highest BCUT2D eigenvalue weighted by molar-refractivity contribution is 5.88. The maximum atomic E-state index is 14.0. The highest BCUT2D eigenvalue weighted by Crippen LogP contribution is 2.25. The number of carbonyl (C=O) groups is 3. The van der Waals surface area contributed by atoms with Gasteiger partial charge in [0.1, 0.15) is 11.9 Å². The van der Waals surface area contributed by atoms with Crippen LogP contribution in [0.4, 0.5) is 4.39 Å². The highest BCUT2D eigenvalue weighted by atomic mass is 19.1. The number of carbonyl (C=O) groups excluding carboxylic acids is 2. The number of benzene rings is 3. The van der Waals surface area contributed by atoms with Gasteiger partial charge in [-0.15, -0.1) is 0 Å². The normalized spacial score (nSPS) is 15.5. The number of amides is 2. The zero-order valence-corrected chi connectivity index (χ0v) is 20.4. The van der Waals surface area contributed by atoms with E-state index in [0.29, 0.717) is 24.1 Å². The highest BCUT2D eigenvalue weighted by Gasteiger charge is 2.34. The molecule has 8 heteroatoms. The first kappa shape index (κ1) is 26.0. The minimum Gasteiger partial charge on any atom is -0.481 e. The van der Waals surface area contributed by atoms with E-state index in [4.69, 9.17) is 10.8 Å². The topological polar surface area (TPSA) is 113 Å². The lowest BCUT2D eigenvalue weighted by molar-refractivity contribution is -0.142. The SMILES string of the molecule is NC(CC(=O)N1Cc2ccccc2CC1C(=O)NCc1ccc(CC(=O)O)cc1)Cc1ccccc1F. The van der Waals surface area contributed by atoms with Crippen molar-refractivity contribution >= 4 is 17.8 Å². The van der Waals surface area contributed by atoms with Crippen molar-refractivity contribution in [3.63, 3.8) is 0 Å². The summed E-state index contributed by atoms with van der Waals surface area (Å²) in [6.45, 7) is 0.544. The number of hydrogen-bond donors (Lipinski definition) is 3. The van der Waals surface area contributed by atoms with Crippen LogP contribution >= 0.6 is 0 Å². The minimum atomic E-state index is -0.906. The van der Waals surface area contributed by atoms with E-state index in [1.165, 1.54) is 6.07 Å². The molecular weight excluding hydrogens is 473 g/mol. The molecule has 3 aromatic rings. The summed E-state index contributed by atoms with van der Waals surface area (Å²) in [6, 6.07) is 19.8. The summed E-state index contributed by atoms with van der Waals surface area (Å²) in [5, 5.41) is 11.8. The fourth-order valence-corrected chi connectivity index (χ4v) is 4.64. The molecule has 4 rings (SSSR count). The Kier molecular flexibility index (Phi) is 8.30.